The third kappa shape index (κ3) is 4.05. The Hall–Kier alpha value is -2.80. The fraction of sp³-hybridized carbons (Fsp3) is 0.316. The number of piperazine rings is 1. The number of halogens is 1. The topological polar surface area (TPSA) is 66.7 Å². The zero-order chi connectivity index (χ0) is 18.7. The van der Waals surface area contributed by atoms with Crippen LogP contribution >= 0.6 is 0 Å². The second-order valence-electron chi connectivity index (χ2n) is 6.45. The maximum absolute atomic E-state index is 13.0. The number of carbonyl (C=O) groups excluding carboxylic acids is 1. The Morgan fingerprint density at radius 3 is 2.38 bits per heavy atom. The van der Waals surface area contributed by atoms with E-state index in [1.165, 1.54) is 18.2 Å². The van der Waals surface area contributed by atoms with Gasteiger partial charge in [0.2, 0.25) is 0 Å². The normalized spacial score (nSPS) is 15.1. The fourth-order valence-corrected chi connectivity index (χ4v) is 3.08. The molecule has 0 atom stereocenters. The average molecular weight is 357 g/mol. The van der Waals surface area contributed by atoms with Crippen LogP contribution in [0.3, 0.4) is 0 Å². The number of aryl methyl sites for hydroxylation is 1. The number of nitrogens with zero attached hydrogens (tertiary/aromatic N) is 3. The van der Waals surface area contributed by atoms with Gasteiger partial charge in [-0.05, 0) is 30.7 Å². The minimum absolute atomic E-state index is 0.0363. The minimum atomic E-state index is -0.466. The van der Waals surface area contributed by atoms with Gasteiger partial charge in [0.1, 0.15) is 5.82 Å². The number of nitro groups is 1. The Bertz CT molecular complexity index is 815. The Balaban J connectivity index is 1.61. The van der Waals surface area contributed by atoms with Gasteiger partial charge in [-0.15, -0.1) is 0 Å². The Morgan fingerprint density at radius 1 is 1.12 bits per heavy atom. The van der Waals surface area contributed by atoms with Crippen LogP contribution in [0.5, 0.6) is 0 Å². The van der Waals surface area contributed by atoms with Crippen LogP contribution in [0.2, 0.25) is 0 Å². The number of carbonyl (C=O) groups is 1. The molecule has 1 heterocycles. The Morgan fingerprint density at radius 2 is 1.77 bits per heavy atom. The van der Waals surface area contributed by atoms with Gasteiger partial charge in [-0.1, -0.05) is 18.2 Å². The molecule has 0 aromatic heterocycles. The van der Waals surface area contributed by atoms with Crippen molar-refractivity contribution in [1.29, 1.82) is 0 Å². The van der Waals surface area contributed by atoms with Gasteiger partial charge < -0.3 is 4.90 Å². The summed E-state index contributed by atoms with van der Waals surface area (Å²) in [6.07, 6.45) is 0. The number of benzene rings is 2. The molecule has 0 radical (unpaired) electrons. The third-order valence-electron chi connectivity index (χ3n) is 4.63. The van der Waals surface area contributed by atoms with Crippen LogP contribution in [0.25, 0.3) is 0 Å². The highest BCUT2D eigenvalue weighted by Crippen LogP contribution is 2.21. The largest absolute Gasteiger partial charge is 0.336 e. The number of amides is 1. The van der Waals surface area contributed by atoms with E-state index in [1.54, 1.807) is 36.1 Å². The predicted octanol–water partition coefficient (Wildman–Crippen LogP) is 3.00. The van der Waals surface area contributed by atoms with E-state index in [4.69, 9.17) is 0 Å². The molecular weight excluding hydrogens is 337 g/mol. The molecule has 0 aliphatic carbocycles. The smallest absolute Gasteiger partial charge is 0.273 e. The number of hydrogen-bond acceptors (Lipinski definition) is 4. The molecule has 6 nitrogen and oxygen atoms in total. The van der Waals surface area contributed by atoms with E-state index in [0.717, 1.165) is 5.56 Å². The number of rotatable bonds is 4. The summed E-state index contributed by atoms with van der Waals surface area (Å²) in [5.41, 5.74) is 1.87. The highest BCUT2D eigenvalue weighted by molar-refractivity contribution is 5.95. The minimum Gasteiger partial charge on any atom is -0.336 e. The maximum atomic E-state index is 13.0. The second-order valence-corrected chi connectivity index (χ2v) is 6.45. The van der Waals surface area contributed by atoms with Crippen LogP contribution in [-0.2, 0) is 6.54 Å². The Kier molecular flexibility index (Phi) is 5.27. The van der Waals surface area contributed by atoms with E-state index >= 15 is 0 Å². The molecule has 2 aromatic rings. The van der Waals surface area contributed by atoms with Crippen molar-refractivity contribution in [2.24, 2.45) is 0 Å². The number of hydrogen-bond donors (Lipinski definition) is 0. The van der Waals surface area contributed by atoms with E-state index < -0.39 is 4.92 Å². The zero-order valence-electron chi connectivity index (χ0n) is 14.5. The van der Waals surface area contributed by atoms with Gasteiger partial charge in [-0.2, -0.15) is 0 Å². The summed E-state index contributed by atoms with van der Waals surface area (Å²) in [7, 11) is 0. The van der Waals surface area contributed by atoms with Gasteiger partial charge in [0.15, 0.2) is 0 Å². The molecule has 7 heteroatoms. The van der Waals surface area contributed by atoms with Crippen molar-refractivity contribution in [2.75, 3.05) is 26.2 Å². The van der Waals surface area contributed by atoms with Gasteiger partial charge in [-0.25, -0.2) is 4.39 Å². The van der Waals surface area contributed by atoms with E-state index in [2.05, 4.69) is 4.90 Å². The van der Waals surface area contributed by atoms with E-state index in [9.17, 15) is 19.3 Å². The number of nitro benzene ring substituents is 1. The van der Waals surface area contributed by atoms with Gasteiger partial charge in [0.25, 0.3) is 11.6 Å². The highest BCUT2D eigenvalue weighted by Gasteiger charge is 2.24. The molecule has 26 heavy (non-hydrogen) atoms. The van der Waals surface area contributed by atoms with Crippen molar-refractivity contribution in [1.82, 2.24) is 9.80 Å². The lowest BCUT2D eigenvalue weighted by atomic mass is 10.1. The first-order valence-corrected chi connectivity index (χ1v) is 8.45. The van der Waals surface area contributed by atoms with Gasteiger partial charge in [0, 0.05) is 49.9 Å². The first-order valence-electron chi connectivity index (χ1n) is 8.45. The molecule has 1 aliphatic heterocycles. The molecule has 0 spiro atoms. The van der Waals surface area contributed by atoms with Gasteiger partial charge in [-0.3, -0.25) is 19.8 Å². The first-order chi connectivity index (χ1) is 12.4. The lowest BCUT2D eigenvalue weighted by Gasteiger charge is -2.34. The monoisotopic (exact) mass is 357 g/mol. The summed E-state index contributed by atoms with van der Waals surface area (Å²) in [5, 5.41) is 11.1. The average Bonchev–Trinajstić information content (AvgIpc) is 2.64. The molecule has 1 saturated heterocycles. The molecular formula is C19H20FN3O3. The van der Waals surface area contributed by atoms with Crippen LogP contribution in [0.15, 0.2) is 42.5 Å². The summed E-state index contributed by atoms with van der Waals surface area (Å²) in [5.74, 6) is -0.439. The van der Waals surface area contributed by atoms with Crippen molar-refractivity contribution < 1.29 is 14.1 Å². The van der Waals surface area contributed by atoms with Gasteiger partial charge in [0.05, 0.1) is 4.92 Å². The summed E-state index contributed by atoms with van der Waals surface area (Å²) in [6.45, 7) is 4.89. The molecule has 0 N–H and O–H groups in total. The first kappa shape index (κ1) is 18.0. The van der Waals surface area contributed by atoms with Crippen molar-refractivity contribution >= 4 is 11.6 Å². The van der Waals surface area contributed by atoms with Crippen molar-refractivity contribution in [3.63, 3.8) is 0 Å². The quantitative estimate of drug-likeness (QED) is 0.623. The second kappa shape index (κ2) is 7.61. The van der Waals surface area contributed by atoms with E-state index in [1.807, 2.05) is 0 Å². The molecule has 0 unspecified atom stereocenters. The summed E-state index contributed by atoms with van der Waals surface area (Å²) in [6, 6.07) is 11.0. The van der Waals surface area contributed by atoms with Crippen LogP contribution < -0.4 is 0 Å². The predicted molar refractivity (Wildman–Crippen MR) is 95.4 cm³/mol. The molecule has 0 saturated carbocycles. The summed E-state index contributed by atoms with van der Waals surface area (Å²) < 4.78 is 13.0. The van der Waals surface area contributed by atoms with Crippen molar-refractivity contribution in [2.45, 2.75) is 13.5 Å². The fourth-order valence-electron chi connectivity index (χ4n) is 3.08. The molecule has 0 bridgehead atoms. The van der Waals surface area contributed by atoms with E-state index in [0.29, 0.717) is 43.9 Å². The van der Waals surface area contributed by atoms with E-state index in [-0.39, 0.29) is 17.4 Å². The van der Waals surface area contributed by atoms with Crippen LogP contribution in [-0.4, -0.2) is 46.8 Å². The molecule has 3 rings (SSSR count). The standard InChI is InChI=1S/C19H20FN3O3/c1-14-2-5-16(12-18(14)23(25)26)19(24)22-10-8-21(9-11-22)13-15-3-6-17(20)7-4-15/h2-7,12H,8-11,13H2,1H3. The summed E-state index contributed by atoms with van der Waals surface area (Å²) >= 11 is 0. The molecule has 2 aromatic carbocycles. The lowest BCUT2D eigenvalue weighted by Crippen LogP contribution is -2.48. The zero-order valence-corrected chi connectivity index (χ0v) is 14.5. The van der Waals surface area contributed by atoms with Crippen LogP contribution in [0.1, 0.15) is 21.5 Å². The SMILES string of the molecule is Cc1ccc(C(=O)N2CCN(Cc3ccc(F)cc3)CC2)cc1[N+](=O)[O-]. The third-order valence-corrected chi connectivity index (χ3v) is 4.63. The van der Waals surface area contributed by atoms with Crippen LogP contribution in [0.4, 0.5) is 10.1 Å². The van der Waals surface area contributed by atoms with Gasteiger partial charge >= 0.3 is 0 Å². The Labute approximate surface area is 151 Å². The molecule has 1 aliphatic rings. The van der Waals surface area contributed by atoms with Crippen molar-refractivity contribution in [3.8, 4) is 0 Å². The lowest BCUT2D eigenvalue weighted by molar-refractivity contribution is -0.385. The summed E-state index contributed by atoms with van der Waals surface area (Å²) in [4.78, 5) is 27.1. The molecule has 1 fully saturated rings. The molecule has 1 amide bonds. The highest BCUT2D eigenvalue weighted by atomic mass is 19.1. The maximum Gasteiger partial charge on any atom is 0.273 e. The van der Waals surface area contributed by atoms with Crippen molar-refractivity contribution in [3.05, 3.63) is 75.1 Å². The molecule has 136 valence electrons. The van der Waals surface area contributed by atoms with Crippen LogP contribution in [0, 0.1) is 22.9 Å².